The fourth-order valence-electron chi connectivity index (χ4n) is 0.874. The van der Waals surface area contributed by atoms with Crippen molar-refractivity contribution in [2.45, 2.75) is 13.5 Å². The fourth-order valence-corrected chi connectivity index (χ4v) is 1.76. The molecule has 0 saturated heterocycles. The van der Waals surface area contributed by atoms with Crippen LogP contribution in [-0.2, 0) is 6.61 Å². The first-order chi connectivity index (χ1) is 5.20. The molecule has 1 aromatic rings. The first-order valence-corrected chi connectivity index (χ1v) is 3.91. The van der Waals surface area contributed by atoms with Crippen LogP contribution < -0.4 is 5.73 Å². The summed E-state index contributed by atoms with van der Waals surface area (Å²) in [7, 11) is 0. The molecule has 1 aromatic heterocycles. The number of anilines is 1. The van der Waals surface area contributed by atoms with Crippen molar-refractivity contribution < 1.29 is 5.11 Å². The second-order valence-corrected chi connectivity index (χ2v) is 3.30. The van der Waals surface area contributed by atoms with Crippen molar-refractivity contribution in [3.63, 3.8) is 0 Å². The number of thiophene rings is 1. The lowest BCUT2D eigenvalue weighted by Gasteiger charge is -1.89. The number of aliphatic hydroxyl groups is 1. The number of nitrogens with zero attached hydrogens (tertiary/aromatic N) is 1. The van der Waals surface area contributed by atoms with Crippen molar-refractivity contribution >= 4 is 16.3 Å². The third kappa shape index (κ3) is 1.20. The van der Waals surface area contributed by atoms with Crippen LogP contribution in [0.15, 0.2) is 0 Å². The van der Waals surface area contributed by atoms with E-state index < -0.39 is 0 Å². The molecule has 0 saturated carbocycles. The zero-order valence-corrected chi connectivity index (χ0v) is 6.90. The van der Waals surface area contributed by atoms with Gasteiger partial charge in [-0.2, -0.15) is 5.26 Å². The van der Waals surface area contributed by atoms with Gasteiger partial charge in [-0.25, -0.2) is 0 Å². The Balaban J connectivity index is 3.28. The van der Waals surface area contributed by atoms with E-state index in [0.717, 1.165) is 10.4 Å². The predicted molar refractivity (Wildman–Crippen MR) is 44.1 cm³/mol. The van der Waals surface area contributed by atoms with Crippen molar-refractivity contribution in [3.05, 3.63) is 16.0 Å². The van der Waals surface area contributed by atoms with Gasteiger partial charge < -0.3 is 10.8 Å². The third-order valence-corrected chi connectivity index (χ3v) is 2.63. The van der Waals surface area contributed by atoms with Crippen LogP contribution in [0.2, 0.25) is 0 Å². The summed E-state index contributed by atoms with van der Waals surface area (Å²) in [5.74, 6) is 0. The molecule has 0 aliphatic carbocycles. The Morgan fingerprint density at radius 2 is 2.36 bits per heavy atom. The van der Waals surface area contributed by atoms with Gasteiger partial charge in [0.15, 0.2) is 0 Å². The predicted octanol–water partition coefficient (Wildman–Crippen LogP) is 1.00. The molecular weight excluding hydrogens is 160 g/mol. The van der Waals surface area contributed by atoms with Gasteiger partial charge in [0.1, 0.15) is 11.1 Å². The lowest BCUT2D eigenvalue weighted by Crippen LogP contribution is -1.85. The molecule has 0 bridgehead atoms. The van der Waals surface area contributed by atoms with Crippen LogP contribution in [0.1, 0.15) is 16.0 Å². The standard InChI is InChI=1S/C7H8N2OS/c1-4-5(2-8)7(9)11-6(4)3-10/h10H,3,9H2,1H3. The van der Waals surface area contributed by atoms with Gasteiger partial charge >= 0.3 is 0 Å². The van der Waals surface area contributed by atoms with Crippen molar-refractivity contribution in [2.24, 2.45) is 0 Å². The first kappa shape index (κ1) is 8.05. The monoisotopic (exact) mass is 168 g/mol. The largest absolute Gasteiger partial charge is 0.391 e. The van der Waals surface area contributed by atoms with Crippen LogP contribution in [0.5, 0.6) is 0 Å². The van der Waals surface area contributed by atoms with Gasteiger partial charge in [-0.3, -0.25) is 0 Å². The topological polar surface area (TPSA) is 70.0 Å². The summed E-state index contributed by atoms with van der Waals surface area (Å²) in [6.45, 7) is 1.75. The van der Waals surface area contributed by atoms with E-state index in [1.807, 2.05) is 6.07 Å². The molecule has 1 rings (SSSR count). The smallest absolute Gasteiger partial charge is 0.104 e. The van der Waals surface area contributed by atoms with Gasteiger partial charge in [0.05, 0.1) is 12.2 Å². The van der Waals surface area contributed by atoms with Crippen LogP contribution in [0, 0.1) is 18.3 Å². The minimum absolute atomic E-state index is 0.0393. The highest BCUT2D eigenvalue weighted by molar-refractivity contribution is 7.16. The van der Waals surface area contributed by atoms with Gasteiger partial charge in [0, 0.05) is 4.88 Å². The molecule has 0 spiro atoms. The Morgan fingerprint density at radius 1 is 1.73 bits per heavy atom. The molecule has 0 atom stereocenters. The van der Waals surface area contributed by atoms with Gasteiger partial charge in [-0.05, 0) is 12.5 Å². The molecule has 0 radical (unpaired) electrons. The molecule has 0 unspecified atom stereocenters. The maximum absolute atomic E-state index is 8.80. The number of nitrogens with two attached hydrogens (primary N) is 1. The number of aliphatic hydroxyl groups excluding tert-OH is 1. The van der Waals surface area contributed by atoms with E-state index in [4.69, 9.17) is 16.1 Å². The summed E-state index contributed by atoms with van der Waals surface area (Å²) in [4.78, 5) is 0.777. The second-order valence-electron chi connectivity index (χ2n) is 2.16. The summed E-state index contributed by atoms with van der Waals surface area (Å²) in [6.07, 6.45) is 0. The molecule has 11 heavy (non-hydrogen) atoms. The number of nitrogen functional groups attached to an aromatic ring is 1. The molecule has 1 heterocycles. The van der Waals surface area contributed by atoms with E-state index in [-0.39, 0.29) is 6.61 Å². The van der Waals surface area contributed by atoms with Crippen LogP contribution >= 0.6 is 11.3 Å². The summed E-state index contributed by atoms with van der Waals surface area (Å²) < 4.78 is 0. The molecule has 0 amide bonds. The Hall–Kier alpha value is -1.05. The molecule has 58 valence electrons. The zero-order chi connectivity index (χ0) is 8.43. The van der Waals surface area contributed by atoms with Crippen molar-refractivity contribution in [1.29, 1.82) is 5.26 Å². The second kappa shape index (κ2) is 2.91. The summed E-state index contributed by atoms with van der Waals surface area (Å²) in [6, 6.07) is 1.99. The van der Waals surface area contributed by atoms with E-state index in [0.29, 0.717) is 10.6 Å². The Morgan fingerprint density at radius 3 is 2.64 bits per heavy atom. The van der Waals surface area contributed by atoms with E-state index in [9.17, 15) is 0 Å². The van der Waals surface area contributed by atoms with Crippen LogP contribution in [0.3, 0.4) is 0 Å². The number of rotatable bonds is 1. The fraction of sp³-hybridized carbons (Fsp3) is 0.286. The molecule has 3 nitrogen and oxygen atoms in total. The number of hydrogen-bond acceptors (Lipinski definition) is 4. The van der Waals surface area contributed by atoms with Crippen LogP contribution in [0.4, 0.5) is 5.00 Å². The van der Waals surface area contributed by atoms with Crippen molar-refractivity contribution in [3.8, 4) is 6.07 Å². The Bertz CT molecular complexity index is 311. The van der Waals surface area contributed by atoms with Gasteiger partial charge in [-0.15, -0.1) is 11.3 Å². The van der Waals surface area contributed by atoms with Gasteiger partial charge in [0.25, 0.3) is 0 Å². The highest BCUT2D eigenvalue weighted by atomic mass is 32.1. The molecule has 3 N–H and O–H groups in total. The average molecular weight is 168 g/mol. The van der Waals surface area contributed by atoms with Crippen LogP contribution in [-0.4, -0.2) is 5.11 Å². The molecule has 4 heteroatoms. The lowest BCUT2D eigenvalue weighted by atomic mass is 10.2. The average Bonchev–Trinajstić information content (AvgIpc) is 2.26. The maximum atomic E-state index is 8.80. The summed E-state index contributed by atoms with van der Waals surface area (Å²) >= 11 is 1.27. The third-order valence-electron chi connectivity index (χ3n) is 1.53. The highest BCUT2D eigenvalue weighted by Gasteiger charge is 2.10. The molecule has 0 fully saturated rings. The van der Waals surface area contributed by atoms with E-state index >= 15 is 0 Å². The minimum Gasteiger partial charge on any atom is -0.391 e. The maximum Gasteiger partial charge on any atom is 0.104 e. The van der Waals surface area contributed by atoms with Crippen molar-refractivity contribution in [2.75, 3.05) is 5.73 Å². The van der Waals surface area contributed by atoms with Crippen molar-refractivity contribution in [1.82, 2.24) is 0 Å². The number of nitriles is 1. The molecule has 0 aromatic carbocycles. The zero-order valence-electron chi connectivity index (χ0n) is 6.09. The molecular formula is C7H8N2OS. The van der Waals surface area contributed by atoms with Crippen LogP contribution in [0.25, 0.3) is 0 Å². The lowest BCUT2D eigenvalue weighted by molar-refractivity contribution is 0.285. The van der Waals surface area contributed by atoms with E-state index in [2.05, 4.69) is 0 Å². The van der Waals surface area contributed by atoms with Gasteiger partial charge in [-0.1, -0.05) is 0 Å². The minimum atomic E-state index is -0.0393. The van der Waals surface area contributed by atoms with Gasteiger partial charge in [0.2, 0.25) is 0 Å². The highest BCUT2D eigenvalue weighted by Crippen LogP contribution is 2.29. The van der Waals surface area contributed by atoms with E-state index in [1.54, 1.807) is 6.92 Å². The van der Waals surface area contributed by atoms with E-state index in [1.165, 1.54) is 11.3 Å². The number of hydrogen-bond donors (Lipinski definition) is 2. The summed E-state index contributed by atoms with van der Waals surface area (Å²) in [5.41, 5.74) is 6.82. The summed E-state index contributed by atoms with van der Waals surface area (Å²) in [5, 5.41) is 17.9. The normalized spacial score (nSPS) is 9.55. The SMILES string of the molecule is Cc1c(CO)sc(N)c1C#N. The quantitative estimate of drug-likeness (QED) is 0.657. The Kier molecular flexibility index (Phi) is 2.13. The molecule has 0 aliphatic heterocycles. The first-order valence-electron chi connectivity index (χ1n) is 3.09. The molecule has 0 aliphatic rings. The Labute approximate surface area is 68.7 Å².